The monoisotopic (exact) mass is 428 g/mol. The van der Waals surface area contributed by atoms with Gasteiger partial charge in [0.2, 0.25) is 0 Å². The molecular weight excluding hydrogens is 408 g/mol. The number of aromatic nitrogens is 1. The molecule has 0 aliphatic heterocycles. The number of halogens is 1. The van der Waals surface area contributed by atoms with E-state index in [2.05, 4.69) is 16.4 Å². The van der Waals surface area contributed by atoms with Gasteiger partial charge in [0.1, 0.15) is 11.7 Å². The van der Waals surface area contributed by atoms with Crippen LogP contribution in [-0.4, -0.2) is 22.3 Å². The lowest BCUT2D eigenvalue weighted by Crippen LogP contribution is -2.17. The maximum absolute atomic E-state index is 11.8. The minimum Gasteiger partial charge on any atom is -0.446 e. The number of hydrogen-bond acceptors (Lipinski definition) is 5. The summed E-state index contributed by atoms with van der Waals surface area (Å²) in [7, 11) is 0. The molecule has 2 N–H and O–H groups in total. The normalized spacial score (nSPS) is 13.9. The number of hydrogen-bond donors (Lipinski definition) is 2. The van der Waals surface area contributed by atoms with E-state index >= 15 is 0 Å². The van der Waals surface area contributed by atoms with Crippen LogP contribution in [0.3, 0.4) is 0 Å². The third-order valence-electron chi connectivity index (χ3n) is 4.60. The zero-order valence-electron chi connectivity index (χ0n) is 16.1. The van der Waals surface area contributed by atoms with Gasteiger partial charge in [0.25, 0.3) is 0 Å². The van der Waals surface area contributed by atoms with Crippen LogP contribution in [0.4, 0.5) is 10.5 Å². The second kappa shape index (κ2) is 7.78. The minimum absolute atomic E-state index is 0.0550. The summed E-state index contributed by atoms with van der Waals surface area (Å²) in [4.78, 5) is 17.1. The lowest BCUT2D eigenvalue weighted by Gasteiger charge is -2.16. The number of carbonyl (C=O) groups excluding carboxylic acids is 1. The van der Waals surface area contributed by atoms with Gasteiger partial charge < -0.3 is 9.84 Å². The number of ether oxygens (including phenoxy) is 1. The molecule has 0 bridgehead atoms. The average Bonchev–Trinajstić information content (AvgIpc) is 3.33. The molecule has 1 aliphatic rings. The largest absolute Gasteiger partial charge is 0.446 e. The van der Waals surface area contributed by atoms with E-state index in [1.165, 1.54) is 0 Å². The predicted molar refractivity (Wildman–Crippen MR) is 116 cm³/mol. The van der Waals surface area contributed by atoms with Gasteiger partial charge in [0.05, 0.1) is 10.7 Å². The molecule has 2 aromatic heterocycles. The molecule has 0 saturated heterocycles. The first-order valence-electron chi connectivity index (χ1n) is 9.35. The van der Waals surface area contributed by atoms with Crippen LogP contribution in [0.2, 0.25) is 5.02 Å². The number of carbonyl (C=O) groups is 1. The number of thiophene rings is 1. The minimum atomic E-state index is -0.998. The van der Waals surface area contributed by atoms with Crippen LogP contribution in [0.25, 0.3) is 21.6 Å². The SMILES string of the molecule is CC(C)(O)c1cc(-c2csc(-c3ccc(NC(=O)OC4CC4)cc3Cl)c2)ccn1. The molecule has 7 heteroatoms. The summed E-state index contributed by atoms with van der Waals surface area (Å²) in [6, 6.07) is 11.3. The van der Waals surface area contributed by atoms with E-state index in [0.717, 1.165) is 34.4 Å². The number of benzene rings is 1. The van der Waals surface area contributed by atoms with Crippen molar-refractivity contribution in [2.75, 3.05) is 5.32 Å². The lowest BCUT2D eigenvalue weighted by atomic mass is 10.0. The molecule has 1 aromatic carbocycles. The number of nitrogens with zero attached hydrogens (tertiary/aromatic N) is 1. The van der Waals surface area contributed by atoms with Crippen molar-refractivity contribution in [3.8, 4) is 21.6 Å². The van der Waals surface area contributed by atoms with Crippen LogP contribution >= 0.6 is 22.9 Å². The molecular formula is C22H21ClN2O3S. The Morgan fingerprint density at radius 1 is 1.24 bits per heavy atom. The molecule has 2 heterocycles. The van der Waals surface area contributed by atoms with Crippen LogP contribution in [0.5, 0.6) is 0 Å². The first-order chi connectivity index (χ1) is 13.8. The van der Waals surface area contributed by atoms with E-state index in [4.69, 9.17) is 16.3 Å². The first kappa shape index (κ1) is 19.9. The predicted octanol–water partition coefficient (Wildman–Crippen LogP) is 6.07. The van der Waals surface area contributed by atoms with Gasteiger partial charge in [0, 0.05) is 22.3 Å². The van der Waals surface area contributed by atoms with Crippen LogP contribution in [0.15, 0.2) is 48.0 Å². The number of anilines is 1. The Morgan fingerprint density at radius 3 is 2.72 bits per heavy atom. The van der Waals surface area contributed by atoms with Gasteiger partial charge in [-0.15, -0.1) is 11.3 Å². The summed E-state index contributed by atoms with van der Waals surface area (Å²) in [6.07, 6.45) is 3.17. The molecule has 4 rings (SSSR count). The van der Waals surface area contributed by atoms with Crippen LogP contribution in [0, 0.1) is 0 Å². The Morgan fingerprint density at radius 2 is 2.03 bits per heavy atom. The first-order valence-corrected chi connectivity index (χ1v) is 10.6. The van der Waals surface area contributed by atoms with Crippen molar-refractivity contribution in [2.45, 2.75) is 38.4 Å². The highest BCUT2D eigenvalue weighted by molar-refractivity contribution is 7.14. The highest BCUT2D eigenvalue weighted by Gasteiger charge is 2.26. The number of rotatable bonds is 5. The molecule has 150 valence electrons. The molecule has 0 radical (unpaired) electrons. The summed E-state index contributed by atoms with van der Waals surface area (Å²) in [5.74, 6) is 0. The van der Waals surface area contributed by atoms with Crippen molar-refractivity contribution in [1.29, 1.82) is 0 Å². The molecule has 1 fully saturated rings. The maximum atomic E-state index is 11.8. The van der Waals surface area contributed by atoms with E-state index in [1.54, 1.807) is 37.4 Å². The fourth-order valence-corrected chi connectivity index (χ4v) is 4.15. The van der Waals surface area contributed by atoms with E-state index < -0.39 is 11.7 Å². The number of aliphatic hydroxyl groups is 1. The van der Waals surface area contributed by atoms with Crippen molar-refractivity contribution < 1.29 is 14.6 Å². The Bertz CT molecular complexity index is 1050. The van der Waals surface area contributed by atoms with Gasteiger partial charge in [-0.2, -0.15) is 0 Å². The molecule has 1 saturated carbocycles. The Labute approximate surface area is 178 Å². The third kappa shape index (κ3) is 4.78. The lowest BCUT2D eigenvalue weighted by molar-refractivity contribution is 0.0739. The molecule has 0 atom stereocenters. The quantitative estimate of drug-likeness (QED) is 0.517. The molecule has 3 aromatic rings. The standard InChI is InChI=1S/C22H21ClN2O3S/c1-22(2,27)20-10-13(7-8-24-20)14-9-19(29-12-14)17-6-3-15(11-18(17)23)25-21(26)28-16-4-5-16/h3,6-12,16,27H,4-5H2,1-2H3,(H,25,26). The topological polar surface area (TPSA) is 71.5 Å². The Kier molecular flexibility index (Phi) is 5.34. The molecule has 0 unspecified atom stereocenters. The van der Waals surface area contributed by atoms with Crippen molar-refractivity contribution >= 4 is 34.7 Å². The average molecular weight is 429 g/mol. The molecule has 1 amide bonds. The molecule has 0 spiro atoms. The second-order valence-corrected chi connectivity index (χ2v) is 8.93. The van der Waals surface area contributed by atoms with Gasteiger partial charge in [-0.25, -0.2) is 4.79 Å². The van der Waals surface area contributed by atoms with Gasteiger partial charge >= 0.3 is 6.09 Å². The van der Waals surface area contributed by atoms with E-state index in [0.29, 0.717) is 16.4 Å². The van der Waals surface area contributed by atoms with Crippen molar-refractivity contribution in [3.63, 3.8) is 0 Å². The van der Waals surface area contributed by atoms with Gasteiger partial charge in [0.15, 0.2) is 0 Å². The van der Waals surface area contributed by atoms with Gasteiger partial charge in [-0.05, 0) is 79.6 Å². The highest BCUT2D eigenvalue weighted by Crippen LogP contribution is 2.38. The van der Waals surface area contributed by atoms with E-state index in [9.17, 15) is 9.90 Å². The van der Waals surface area contributed by atoms with E-state index in [-0.39, 0.29) is 6.10 Å². The van der Waals surface area contributed by atoms with Crippen molar-refractivity contribution in [3.05, 3.63) is 58.7 Å². The summed E-state index contributed by atoms with van der Waals surface area (Å²) >= 11 is 8.06. The Balaban J connectivity index is 1.54. The van der Waals surface area contributed by atoms with Gasteiger partial charge in [-0.3, -0.25) is 10.3 Å². The molecule has 1 aliphatic carbocycles. The highest BCUT2D eigenvalue weighted by atomic mass is 35.5. The second-order valence-electron chi connectivity index (χ2n) is 7.61. The van der Waals surface area contributed by atoms with Crippen molar-refractivity contribution in [2.24, 2.45) is 0 Å². The Hall–Kier alpha value is -2.41. The number of amides is 1. The molecule has 5 nitrogen and oxygen atoms in total. The zero-order chi connectivity index (χ0) is 20.6. The van der Waals surface area contributed by atoms with Crippen LogP contribution in [0.1, 0.15) is 32.4 Å². The maximum Gasteiger partial charge on any atom is 0.411 e. The van der Waals surface area contributed by atoms with Gasteiger partial charge in [-0.1, -0.05) is 11.6 Å². The van der Waals surface area contributed by atoms with E-state index in [1.807, 2.05) is 29.6 Å². The summed E-state index contributed by atoms with van der Waals surface area (Å²) in [6.45, 7) is 3.43. The summed E-state index contributed by atoms with van der Waals surface area (Å²) in [5, 5.41) is 15.5. The fraction of sp³-hybridized carbons (Fsp3) is 0.273. The summed E-state index contributed by atoms with van der Waals surface area (Å²) in [5.41, 5.74) is 3.13. The number of nitrogens with one attached hydrogen (secondary N) is 1. The smallest absolute Gasteiger partial charge is 0.411 e. The summed E-state index contributed by atoms with van der Waals surface area (Å²) < 4.78 is 5.19. The third-order valence-corrected chi connectivity index (χ3v) is 5.87. The zero-order valence-corrected chi connectivity index (χ0v) is 17.7. The van der Waals surface area contributed by atoms with Crippen LogP contribution in [-0.2, 0) is 10.3 Å². The van der Waals surface area contributed by atoms with Crippen molar-refractivity contribution in [1.82, 2.24) is 4.98 Å². The number of pyridine rings is 1. The fourth-order valence-electron chi connectivity index (χ4n) is 2.85. The van der Waals surface area contributed by atoms with Crippen LogP contribution < -0.4 is 5.32 Å². The molecule has 29 heavy (non-hydrogen) atoms.